The van der Waals surface area contributed by atoms with E-state index in [4.69, 9.17) is 17.3 Å². The maximum Gasteiger partial charge on any atom is 0.417 e. The molecule has 8 heteroatoms. The molecule has 20 heavy (non-hydrogen) atoms. The second-order valence-electron chi connectivity index (χ2n) is 3.98. The van der Waals surface area contributed by atoms with E-state index in [0.29, 0.717) is 11.8 Å². The van der Waals surface area contributed by atoms with Crippen LogP contribution in [-0.2, 0) is 11.0 Å². The largest absolute Gasteiger partial charge is 0.417 e. The molecule has 3 nitrogen and oxygen atoms in total. The minimum Gasteiger partial charge on any atom is -0.369 e. The summed E-state index contributed by atoms with van der Waals surface area (Å²) >= 11 is 7.16. The van der Waals surface area contributed by atoms with Gasteiger partial charge in [-0.15, -0.1) is 0 Å². The van der Waals surface area contributed by atoms with Crippen LogP contribution < -0.4 is 5.73 Å². The fourth-order valence-corrected chi connectivity index (χ4v) is 2.67. The number of thiophene rings is 1. The molecule has 2 rings (SSSR count). The third-order valence-electron chi connectivity index (χ3n) is 2.63. The second-order valence-corrected chi connectivity index (χ2v) is 5.17. The number of rotatable bonds is 3. The highest BCUT2D eigenvalue weighted by Gasteiger charge is 2.33. The number of carbonyl (C=O) groups is 1. The van der Waals surface area contributed by atoms with E-state index < -0.39 is 23.6 Å². The molecule has 0 aliphatic heterocycles. The topological polar surface area (TPSA) is 56.0 Å². The van der Waals surface area contributed by atoms with Crippen molar-refractivity contribution >= 4 is 28.8 Å². The van der Waals surface area contributed by atoms with Crippen LogP contribution in [0.1, 0.15) is 22.7 Å². The first kappa shape index (κ1) is 14.8. The quantitative estimate of drug-likeness (QED) is 0.942. The maximum atomic E-state index is 12.5. The van der Waals surface area contributed by atoms with Crippen molar-refractivity contribution in [1.29, 1.82) is 0 Å². The van der Waals surface area contributed by atoms with Crippen molar-refractivity contribution in [1.82, 2.24) is 4.98 Å². The van der Waals surface area contributed by atoms with Gasteiger partial charge in [0.05, 0.1) is 16.3 Å². The van der Waals surface area contributed by atoms with Gasteiger partial charge in [0.1, 0.15) is 5.92 Å². The summed E-state index contributed by atoms with van der Waals surface area (Å²) in [7, 11) is 0. The van der Waals surface area contributed by atoms with Crippen LogP contribution in [0.25, 0.3) is 0 Å². The molecule has 0 fully saturated rings. The van der Waals surface area contributed by atoms with Gasteiger partial charge in [-0.1, -0.05) is 11.6 Å². The van der Waals surface area contributed by atoms with Crippen LogP contribution in [0.5, 0.6) is 0 Å². The van der Waals surface area contributed by atoms with Gasteiger partial charge in [-0.2, -0.15) is 24.5 Å². The number of alkyl halides is 3. The summed E-state index contributed by atoms with van der Waals surface area (Å²) < 4.78 is 37.6. The van der Waals surface area contributed by atoms with Crippen LogP contribution in [0.4, 0.5) is 13.2 Å². The third kappa shape index (κ3) is 2.94. The number of halogens is 4. The molecule has 0 saturated heterocycles. The highest BCUT2D eigenvalue weighted by Crippen LogP contribution is 2.35. The number of primary amides is 1. The van der Waals surface area contributed by atoms with E-state index in [-0.39, 0.29) is 10.7 Å². The molecule has 106 valence electrons. The minimum atomic E-state index is -4.54. The average molecular weight is 321 g/mol. The van der Waals surface area contributed by atoms with Crippen molar-refractivity contribution in [3.8, 4) is 0 Å². The molecule has 2 heterocycles. The number of nitrogens with zero attached hydrogens (tertiary/aromatic N) is 1. The van der Waals surface area contributed by atoms with Gasteiger partial charge in [-0.25, -0.2) is 0 Å². The van der Waals surface area contributed by atoms with Crippen LogP contribution in [-0.4, -0.2) is 10.9 Å². The Labute approximate surface area is 121 Å². The van der Waals surface area contributed by atoms with Gasteiger partial charge in [0.2, 0.25) is 5.91 Å². The van der Waals surface area contributed by atoms with Crippen LogP contribution in [0.2, 0.25) is 5.02 Å². The predicted molar refractivity (Wildman–Crippen MR) is 69.6 cm³/mol. The van der Waals surface area contributed by atoms with Gasteiger partial charge < -0.3 is 5.73 Å². The molecule has 0 aliphatic rings. The number of hydrogen-bond acceptors (Lipinski definition) is 3. The Bertz CT molecular complexity index is 628. The lowest BCUT2D eigenvalue weighted by molar-refractivity contribution is -0.137. The summed E-state index contributed by atoms with van der Waals surface area (Å²) in [5.41, 5.74) is 4.90. The lowest BCUT2D eigenvalue weighted by Crippen LogP contribution is -2.23. The first-order valence-corrected chi connectivity index (χ1v) is 6.67. The summed E-state index contributed by atoms with van der Waals surface area (Å²) in [6.45, 7) is 0. The summed E-state index contributed by atoms with van der Waals surface area (Å²) in [6.07, 6.45) is -3.90. The monoisotopic (exact) mass is 320 g/mol. The molecule has 1 amide bonds. The molecular formula is C12H8ClF3N2OS. The lowest BCUT2D eigenvalue weighted by Gasteiger charge is -2.14. The van der Waals surface area contributed by atoms with Crippen molar-refractivity contribution in [2.75, 3.05) is 0 Å². The normalized spacial score (nSPS) is 13.2. The van der Waals surface area contributed by atoms with Crippen molar-refractivity contribution in [2.45, 2.75) is 12.1 Å². The van der Waals surface area contributed by atoms with Gasteiger partial charge >= 0.3 is 6.18 Å². The summed E-state index contributed by atoms with van der Waals surface area (Å²) in [5, 5.41) is 3.16. The molecule has 0 saturated carbocycles. The number of carbonyl (C=O) groups excluding carboxylic acids is 1. The Kier molecular flexibility index (Phi) is 4.01. The number of nitrogens with two attached hydrogens (primary N) is 1. The Morgan fingerprint density at radius 2 is 2.15 bits per heavy atom. The van der Waals surface area contributed by atoms with E-state index in [2.05, 4.69) is 4.98 Å². The highest BCUT2D eigenvalue weighted by atomic mass is 35.5. The molecule has 2 N–H and O–H groups in total. The number of aromatic nitrogens is 1. The van der Waals surface area contributed by atoms with Gasteiger partial charge in [-0.05, 0) is 28.5 Å². The van der Waals surface area contributed by atoms with E-state index in [1.54, 1.807) is 16.8 Å². The predicted octanol–water partition coefficient (Wildman–Crippen LogP) is 3.43. The van der Waals surface area contributed by atoms with Gasteiger partial charge in [-0.3, -0.25) is 9.78 Å². The maximum absolute atomic E-state index is 12.5. The van der Waals surface area contributed by atoms with Crippen LogP contribution in [0, 0.1) is 0 Å². The number of pyridine rings is 1. The molecular weight excluding hydrogens is 313 g/mol. The molecule has 2 aromatic rings. The van der Waals surface area contributed by atoms with Crippen LogP contribution >= 0.6 is 22.9 Å². The highest BCUT2D eigenvalue weighted by molar-refractivity contribution is 7.08. The van der Waals surface area contributed by atoms with Gasteiger partial charge in [0, 0.05) is 6.20 Å². The second kappa shape index (κ2) is 5.41. The molecule has 2 aromatic heterocycles. The van der Waals surface area contributed by atoms with Crippen molar-refractivity contribution in [3.63, 3.8) is 0 Å². The van der Waals surface area contributed by atoms with Crippen molar-refractivity contribution in [3.05, 3.63) is 50.9 Å². The Balaban J connectivity index is 2.48. The van der Waals surface area contributed by atoms with Gasteiger partial charge in [0.15, 0.2) is 0 Å². The first-order chi connectivity index (χ1) is 9.30. The van der Waals surface area contributed by atoms with Crippen LogP contribution in [0.3, 0.4) is 0 Å². The lowest BCUT2D eigenvalue weighted by atomic mass is 9.96. The molecule has 0 aromatic carbocycles. The Morgan fingerprint density at radius 3 is 2.60 bits per heavy atom. The fraction of sp³-hybridized carbons (Fsp3) is 0.167. The molecule has 0 spiro atoms. The summed E-state index contributed by atoms with van der Waals surface area (Å²) in [4.78, 5) is 15.2. The summed E-state index contributed by atoms with van der Waals surface area (Å²) in [6, 6.07) is 2.39. The molecule has 0 bridgehead atoms. The molecule has 0 aliphatic carbocycles. The molecule has 0 unspecified atom stereocenters. The fourth-order valence-electron chi connectivity index (χ4n) is 1.71. The van der Waals surface area contributed by atoms with Crippen molar-refractivity contribution < 1.29 is 18.0 Å². The third-order valence-corrected chi connectivity index (χ3v) is 3.64. The number of amides is 1. The van der Waals surface area contributed by atoms with Crippen molar-refractivity contribution in [2.24, 2.45) is 5.73 Å². The Hall–Kier alpha value is -1.60. The number of hydrogen-bond donors (Lipinski definition) is 1. The minimum absolute atomic E-state index is 0.0190. The zero-order valence-corrected chi connectivity index (χ0v) is 11.4. The zero-order valence-electron chi connectivity index (χ0n) is 9.82. The standard InChI is InChI=1S/C12H8ClF3N2OS/c13-8-3-7(12(14,15)16)4-18-10(8)9(11(17)19)6-1-2-20-5-6/h1-5,9H,(H2,17,19)/t9-/m0/s1. The smallest absolute Gasteiger partial charge is 0.369 e. The zero-order chi connectivity index (χ0) is 14.9. The Morgan fingerprint density at radius 1 is 1.45 bits per heavy atom. The SMILES string of the molecule is NC(=O)[C@@H](c1ccsc1)c1ncc(C(F)(F)F)cc1Cl. The van der Waals surface area contributed by atoms with E-state index in [1.807, 2.05) is 0 Å². The summed E-state index contributed by atoms with van der Waals surface area (Å²) in [5.74, 6) is -1.69. The average Bonchev–Trinajstić information content (AvgIpc) is 2.83. The van der Waals surface area contributed by atoms with E-state index in [0.717, 1.165) is 6.07 Å². The molecule has 1 atom stereocenters. The van der Waals surface area contributed by atoms with E-state index in [9.17, 15) is 18.0 Å². The van der Waals surface area contributed by atoms with E-state index in [1.165, 1.54) is 11.3 Å². The van der Waals surface area contributed by atoms with E-state index >= 15 is 0 Å². The van der Waals surface area contributed by atoms with Gasteiger partial charge in [0.25, 0.3) is 0 Å². The molecule has 0 radical (unpaired) electrons. The van der Waals surface area contributed by atoms with Crippen LogP contribution in [0.15, 0.2) is 29.1 Å². The first-order valence-electron chi connectivity index (χ1n) is 5.34.